The van der Waals surface area contributed by atoms with Gasteiger partial charge < -0.3 is 42.1 Å². The van der Waals surface area contributed by atoms with Crippen LogP contribution in [0.15, 0.2) is 0 Å². The molecule has 0 fully saturated rings. The molecule has 152 valence electrons. The average molecular weight is 392 g/mol. The number of hydrogen-bond acceptors (Lipinski definition) is 8. The van der Waals surface area contributed by atoms with Crippen molar-refractivity contribution in [2.24, 2.45) is 5.73 Å². The van der Waals surface area contributed by atoms with E-state index in [-0.39, 0.29) is 0 Å². The second-order valence-corrected chi connectivity index (χ2v) is 5.22. The highest BCUT2D eigenvalue weighted by Gasteiger charge is 2.30. The lowest BCUT2D eigenvalue weighted by Gasteiger charge is -2.22. The van der Waals surface area contributed by atoms with Gasteiger partial charge >= 0.3 is 17.9 Å². The molecule has 27 heavy (non-hydrogen) atoms. The van der Waals surface area contributed by atoms with Gasteiger partial charge in [-0.05, 0) is 0 Å². The van der Waals surface area contributed by atoms with Gasteiger partial charge in [-0.2, -0.15) is 0 Å². The fourth-order valence-corrected chi connectivity index (χ4v) is 1.70. The summed E-state index contributed by atoms with van der Waals surface area (Å²) in [5.41, 5.74) is 5.31. The number of nitrogens with two attached hydrogens (primary N) is 1. The fraction of sp³-hybridized carbons (Fsp3) is 0.538. The summed E-state index contributed by atoms with van der Waals surface area (Å²) >= 11 is 0. The minimum atomic E-state index is -1.73. The number of aliphatic carboxylic acids is 3. The fourth-order valence-electron chi connectivity index (χ4n) is 1.70. The lowest BCUT2D eigenvalue weighted by Crippen LogP contribution is -2.57. The first kappa shape index (κ1) is 23.7. The molecule has 0 saturated heterocycles. The van der Waals surface area contributed by atoms with E-state index in [2.05, 4.69) is 0 Å². The van der Waals surface area contributed by atoms with Gasteiger partial charge in [-0.15, -0.1) is 0 Å². The molecule has 3 amide bonds. The Morgan fingerprint density at radius 3 is 1.70 bits per heavy atom. The van der Waals surface area contributed by atoms with Gasteiger partial charge in [0.05, 0.1) is 25.5 Å². The summed E-state index contributed by atoms with van der Waals surface area (Å²) < 4.78 is 0. The third kappa shape index (κ3) is 9.71. The van der Waals surface area contributed by atoms with Crippen LogP contribution in [0, 0.1) is 0 Å². The summed E-state index contributed by atoms with van der Waals surface area (Å²) in [5.74, 6) is -7.64. The standard InChI is InChI=1S/C13H20N4O10/c14-5(1-8(19)20)11(25)16-6(2-9(21)22)13(27)17-7(4-18)12(26)15-3-10(23)24/h5-7,18H,1-4,14H2,(H,15,26)(H,16,25)(H,17,27)(H,19,20)(H,21,22)(H,23,24). The SMILES string of the molecule is NC(CC(=O)O)C(=O)NC(CC(=O)O)C(=O)NC(CO)C(=O)NCC(=O)O. The summed E-state index contributed by atoms with van der Waals surface area (Å²) in [7, 11) is 0. The normalized spacial score (nSPS) is 13.6. The first-order valence-corrected chi connectivity index (χ1v) is 7.38. The molecule has 14 nitrogen and oxygen atoms in total. The maximum absolute atomic E-state index is 12.1. The van der Waals surface area contributed by atoms with Crippen LogP contribution in [0.2, 0.25) is 0 Å². The monoisotopic (exact) mass is 392 g/mol. The van der Waals surface area contributed by atoms with E-state index in [9.17, 15) is 28.8 Å². The molecule has 3 atom stereocenters. The highest BCUT2D eigenvalue weighted by atomic mass is 16.4. The highest BCUT2D eigenvalue weighted by Crippen LogP contribution is 1.98. The summed E-state index contributed by atoms with van der Waals surface area (Å²) in [6, 6.07) is -4.90. The van der Waals surface area contributed by atoms with Crippen molar-refractivity contribution in [1.29, 1.82) is 0 Å². The average Bonchev–Trinajstić information content (AvgIpc) is 2.55. The Bertz CT molecular complexity index is 608. The number of amides is 3. The lowest BCUT2D eigenvalue weighted by atomic mass is 10.1. The molecule has 0 rings (SSSR count). The number of carbonyl (C=O) groups is 6. The number of hydrogen-bond donors (Lipinski definition) is 8. The molecule has 0 aliphatic carbocycles. The Labute approximate surface area is 151 Å². The molecule has 0 saturated carbocycles. The zero-order valence-corrected chi connectivity index (χ0v) is 13.9. The van der Waals surface area contributed by atoms with Crippen molar-refractivity contribution in [2.75, 3.05) is 13.2 Å². The molecule has 0 heterocycles. The molecule has 14 heteroatoms. The molecule has 0 aromatic carbocycles. The van der Waals surface area contributed by atoms with E-state index < -0.39 is 79.7 Å². The van der Waals surface area contributed by atoms with Gasteiger partial charge in [-0.1, -0.05) is 0 Å². The van der Waals surface area contributed by atoms with Crippen LogP contribution in [-0.4, -0.2) is 87.3 Å². The number of aliphatic hydroxyl groups excluding tert-OH is 1. The maximum atomic E-state index is 12.1. The third-order valence-electron chi connectivity index (χ3n) is 2.97. The number of carboxylic acid groups (broad SMARTS) is 3. The zero-order chi connectivity index (χ0) is 21.1. The van der Waals surface area contributed by atoms with Crippen molar-refractivity contribution in [3.05, 3.63) is 0 Å². The quantitative estimate of drug-likeness (QED) is 0.157. The number of rotatable bonds is 12. The molecule has 0 bridgehead atoms. The van der Waals surface area contributed by atoms with Gasteiger partial charge in [0.25, 0.3) is 0 Å². The Balaban J connectivity index is 5.05. The minimum Gasteiger partial charge on any atom is -0.481 e. The van der Waals surface area contributed by atoms with Crippen LogP contribution < -0.4 is 21.7 Å². The molecule has 0 aromatic heterocycles. The van der Waals surface area contributed by atoms with Crippen LogP contribution in [0.25, 0.3) is 0 Å². The second-order valence-electron chi connectivity index (χ2n) is 5.22. The molecular weight excluding hydrogens is 372 g/mol. The summed E-state index contributed by atoms with van der Waals surface area (Å²) in [4.78, 5) is 67.4. The summed E-state index contributed by atoms with van der Waals surface area (Å²) in [6.45, 7) is -1.73. The second kappa shape index (κ2) is 11.4. The molecule has 0 radical (unpaired) electrons. The first-order chi connectivity index (χ1) is 12.5. The van der Waals surface area contributed by atoms with Crippen LogP contribution in [0.4, 0.5) is 0 Å². The van der Waals surface area contributed by atoms with Gasteiger partial charge in [0, 0.05) is 0 Å². The van der Waals surface area contributed by atoms with Gasteiger partial charge in [0.2, 0.25) is 17.7 Å². The summed E-state index contributed by atoms with van der Waals surface area (Å²) in [6.07, 6.45) is -1.70. The topological polar surface area (TPSA) is 245 Å². The van der Waals surface area contributed by atoms with E-state index in [1.165, 1.54) is 0 Å². The van der Waals surface area contributed by atoms with Gasteiger partial charge in [-0.3, -0.25) is 28.8 Å². The Morgan fingerprint density at radius 2 is 1.26 bits per heavy atom. The smallest absolute Gasteiger partial charge is 0.322 e. The van der Waals surface area contributed by atoms with E-state index in [0.717, 1.165) is 0 Å². The predicted octanol–water partition coefficient (Wildman–Crippen LogP) is -4.57. The number of nitrogens with one attached hydrogen (secondary N) is 3. The third-order valence-corrected chi connectivity index (χ3v) is 2.97. The van der Waals surface area contributed by atoms with Crippen LogP contribution in [0.5, 0.6) is 0 Å². The van der Waals surface area contributed by atoms with Crippen molar-refractivity contribution in [3.63, 3.8) is 0 Å². The molecule has 0 aliphatic rings. The minimum absolute atomic E-state index is 0.774. The van der Waals surface area contributed by atoms with Crippen LogP contribution >= 0.6 is 0 Å². The Morgan fingerprint density at radius 1 is 0.741 bits per heavy atom. The van der Waals surface area contributed by atoms with Crippen molar-refractivity contribution < 1.29 is 49.2 Å². The van der Waals surface area contributed by atoms with E-state index in [0.29, 0.717) is 0 Å². The molecule has 0 spiro atoms. The molecule has 3 unspecified atom stereocenters. The maximum Gasteiger partial charge on any atom is 0.322 e. The van der Waals surface area contributed by atoms with E-state index in [4.69, 9.17) is 26.2 Å². The summed E-state index contributed by atoms with van der Waals surface area (Å²) in [5, 5.41) is 40.8. The van der Waals surface area contributed by atoms with Crippen molar-refractivity contribution >= 4 is 35.6 Å². The van der Waals surface area contributed by atoms with E-state index in [1.807, 2.05) is 16.0 Å². The van der Waals surface area contributed by atoms with Crippen molar-refractivity contribution in [2.45, 2.75) is 31.0 Å². The van der Waals surface area contributed by atoms with E-state index in [1.54, 1.807) is 0 Å². The zero-order valence-electron chi connectivity index (χ0n) is 13.9. The van der Waals surface area contributed by atoms with Crippen LogP contribution in [0.1, 0.15) is 12.8 Å². The molecular formula is C13H20N4O10. The largest absolute Gasteiger partial charge is 0.481 e. The molecule has 0 aliphatic heterocycles. The van der Waals surface area contributed by atoms with Crippen LogP contribution in [-0.2, 0) is 28.8 Å². The van der Waals surface area contributed by atoms with Gasteiger partial charge in [-0.25, -0.2) is 0 Å². The molecule has 9 N–H and O–H groups in total. The Hall–Kier alpha value is -3.26. The number of carboxylic acids is 3. The number of carbonyl (C=O) groups excluding carboxylic acids is 3. The lowest BCUT2D eigenvalue weighted by molar-refractivity contribution is -0.143. The van der Waals surface area contributed by atoms with Crippen molar-refractivity contribution in [1.82, 2.24) is 16.0 Å². The van der Waals surface area contributed by atoms with E-state index >= 15 is 0 Å². The first-order valence-electron chi connectivity index (χ1n) is 7.38. The van der Waals surface area contributed by atoms with Gasteiger partial charge in [0.1, 0.15) is 18.6 Å². The highest BCUT2D eigenvalue weighted by molar-refractivity contribution is 5.96. The number of aliphatic hydroxyl groups is 1. The van der Waals surface area contributed by atoms with Crippen LogP contribution in [0.3, 0.4) is 0 Å². The predicted molar refractivity (Wildman–Crippen MR) is 84.1 cm³/mol. The molecule has 0 aromatic rings. The Kier molecular flexibility index (Phi) is 10.0. The van der Waals surface area contributed by atoms with Gasteiger partial charge in [0.15, 0.2) is 0 Å². The van der Waals surface area contributed by atoms with Crippen molar-refractivity contribution in [3.8, 4) is 0 Å².